The second-order valence-electron chi connectivity index (χ2n) is 10.7. The molecule has 2 aromatic carbocycles. The Morgan fingerprint density at radius 1 is 0.667 bits per heavy atom. The predicted octanol–water partition coefficient (Wildman–Crippen LogP) is 9.31. The third-order valence-electron chi connectivity index (χ3n) is 7.19. The van der Waals surface area contributed by atoms with Crippen LogP contribution in [0.2, 0.25) is 0 Å². The maximum absolute atomic E-state index is 13.8. The first-order valence-corrected chi connectivity index (χ1v) is 15.8. The van der Waals surface area contributed by atoms with Gasteiger partial charge in [-0.2, -0.15) is 12.2 Å². The number of halogens is 4. The number of esters is 2. The molecule has 0 N–H and O–H groups in total. The summed E-state index contributed by atoms with van der Waals surface area (Å²) in [5.41, 5.74) is 3.43. The van der Waals surface area contributed by atoms with E-state index >= 15 is 0 Å². The van der Waals surface area contributed by atoms with Crippen molar-refractivity contribution < 1.29 is 58.3 Å². The van der Waals surface area contributed by atoms with Gasteiger partial charge in [-0.25, -0.2) is 51.5 Å². The summed E-state index contributed by atoms with van der Waals surface area (Å²) in [6.07, 6.45) is 20.0. The fourth-order valence-electron chi connectivity index (χ4n) is 5.00. The zero-order valence-electron chi connectivity index (χ0n) is 29.3. The van der Waals surface area contributed by atoms with Crippen molar-refractivity contribution in [1.29, 1.82) is 0 Å². The van der Waals surface area contributed by atoms with Crippen LogP contribution in [0.1, 0.15) is 70.2 Å². The number of carbonyl (C=O) groups excluding carboxylic acids is 2. The fourth-order valence-corrected chi connectivity index (χ4v) is 5.00. The van der Waals surface area contributed by atoms with E-state index in [1.807, 2.05) is 36.4 Å². The molecule has 0 unspecified atom stereocenters. The van der Waals surface area contributed by atoms with Gasteiger partial charge in [0.2, 0.25) is 0 Å². The Bertz CT molecular complexity index is 1760. The number of carbonyl (C=O) groups is 2. The molecule has 6 nitrogen and oxygen atoms in total. The molecule has 0 fully saturated rings. The molecule has 2 heterocycles. The minimum absolute atomic E-state index is 0. The molecule has 264 valence electrons. The van der Waals surface area contributed by atoms with Gasteiger partial charge in [0.1, 0.15) is 0 Å². The first-order valence-electron chi connectivity index (χ1n) is 15.8. The van der Waals surface area contributed by atoms with Gasteiger partial charge in [-0.15, -0.1) is 49.2 Å². The average Bonchev–Trinajstić information content (AvgIpc) is 3.91. The Morgan fingerprint density at radius 3 is 1.29 bits per heavy atom. The third-order valence-corrected chi connectivity index (χ3v) is 7.19. The summed E-state index contributed by atoms with van der Waals surface area (Å²) in [6, 6.07) is 12.1. The molecular formula is C40H38F4N2O4Ti. The first-order chi connectivity index (χ1) is 23.9. The van der Waals surface area contributed by atoms with E-state index < -0.39 is 35.2 Å². The molecule has 11 heteroatoms. The summed E-state index contributed by atoms with van der Waals surface area (Å²) in [6.45, 7) is 10.8. The third kappa shape index (κ3) is 11.7. The van der Waals surface area contributed by atoms with Crippen LogP contribution < -0.4 is 0 Å². The van der Waals surface area contributed by atoms with Crippen molar-refractivity contribution in [3.8, 4) is 11.4 Å². The van der Waals surface area contributed by atoms with Gasteiger partial charge in [0.25, 0.3) is 0 Å². The van der Waals surface area contributed by atoms with Crippen LogP contribution in [-0.2, 0) is 31.2 Å². The molecule has 0 radical (unpaired) electrons. The van der Waals surface area contributed by atoms with Crippen molar-refractivity contribution >= 4 is 11.9 Å². The standard InChI is InChI=1S/2C15H14F2NO2.2C5H5.Ti/c2*1-4-20-15(19)12-7-9(2)18(10(12)3)14-6-5-11(16)8-13(14)17;2*1-2-4-5-3-1;/h2*5-7H,4H2,1-3H3;2*1-3H,4H2;/q4*-1;+4. The molecule has 51 heavy (non-hydrogen) atoms. The predicted molar refractivity (Wildman–Crippen MR) is 183 cm³/mol. The van der Waals surface area contributed by atoms with E-state index in [1.54, 1.807) is 53.7 Å². The van der Waals surface area contributed by atoms with Crippen LogP contribution in [0.3, 0.4) is 0 Å². The zero-order chi connectivity index (χ0) is 36.8. The molecule has 0 amide bonds. The molecule has 2 aliphatic carbocycles. The van der Waals surface area contributed by atoms with Gasteiger partial charge in [0.15, 0.2) is 0 Å². The van der Waals surface area contributed by atoms with E-state index in [9.17, 15) is 27.2 Å². The van der Waals surface area contributed by atoms with E-state index in [0.717, 1.165) is 25.0 Å². The fraction of sp³-hybridized carbons (Fsp3) is 0.250. The van der Waals surface area contributed by atoms with Crippen LogP contribution in [0.15, 0.2) is 72.9 Å². The number of hydrogen-bond donors (Lipinski definition) is 0. The Kier molecular flexibility index (Phi) is 17.4. The second kappa shape index (κ2) is 20.9. The molecule has 0 saturated carbocycles. The van der Waals surface area contributed by atoms with Crippen LogP contribution >= 0.6 is 0 Å². The Balaban J connectivity index is 0.000000273. The summed E-state index contributed by atoms with van der Waals surface area (Å²) < 4.78 is 66.5. The van der Waals surface area contributed by atoms with E-state index in [-0.39, 0.29) is 46.3 Å². The van der Waals surface area contributed by atoms with Crippen molar-refractivity contribution in [3.05, 3.63) is 154 Å². The number of aryl methyl sites for hydroxylation is 2. The number of rotatable bonds is 6. The van der Waals surface area contributed by atoms with Crippen molar-refractivity contribution in [2.45, 2.75) is 54.4 Å². The van der Waals surface area contributed by atoms with Gasteiger partial charge in [0, 0.05) is 46.0 Å². The number of hydrogen-bond acceptors (Lipinski definition) is 4. The van der Waals surface area contributed by atoms with E-state index in [1.165, 1.54) is 21.3 Å². The minimum Gasteiger partial charge on any atom is -0.462 e. The Hall–Kier alpha value is -4.67. The molecule has 6 rings (SSSR count). The monoisotopic (exact) mass is 734 g/mol. The van der Waals surface area contributed by atoms with Gasteiger partial charge in [0.05, 0.1) is 24.3 Å². The van der Waals surface area contributed by atoms with Gasteiger partial charge in [-0.3, -0.25) is 12.2 Å². The van der Waals surface area contributed by atoms with Crippen LogP contribution in [0, 0.1) is 75.2 Å². The number of benzene rings is 2. The molecule has 2 aromatic heterocycles. The van der Waals surface area contributed by atoms with Gasteiger partial charge in [-0.05, 0) is 65.0 Å². The summed E-state index contributed by atoms with van der Waals surface area (Å²) in [5.74, 6) is -4.06. The molecule has 0 bridgehead atoms. The van der Waals surface area contributed by atoms with Crippen molar-refractivity contribution in [1.82, 2.24) is 9.13 Å². The number of ether oxygens (including phenoxy) is 2. The number of allylic oxidation sites excluding steroid dienone is 8. The summed E-state index contributed by atoms with van der Waals surface area (Å²) >= 11 is 0. The summed E-state index contributed by atoms with van der Waals surface area (Å²) in [7, 11) is 0. The topological polar surface area (TPSA) is 62.5 Å². The summed E-state index contributed by atoms with van der Waals surface area (Å²) in [5, 5.41) is 0. The van der Waals surface area contributed by atoms with Crippen molar-refractivity contribution in [3.63, 3.8) is 0 Å². The SMILES string of the molecule is CCOC(=O)c1cc(C)n(-c2ccc(F)[c-]c2F)c1C.CCOC(=O)c1cc(C)n(-c2ccc(F)[c-]c2F)c1C.[C-]1=CC=CC1.[C-]1=CC=CC1.[Ti+4]. The molecule has 2 aliphatic rings. The maximum Gasteiger partial charge on any atom is 4.00 e. The van der Waals surface area contributed by atoms with Crippen LogP contribution in [0.25, 0.3) is 11.4 Å². The molecular weight excluding hydrogens is 696 g/mol. The van der Waals surface area contributed by atoms with E-state index in [0.29, 0.717) is 33.9 Å². The van der Waals surface area contributed by atoms with Crippen molar-refractivity contribution in [2.24, 2.45) is 0 Å². The quantitative estimate of drug-likeness (QED) is 0.0858. The molecule has 0 saturated heterocycles. The second-order valence-corrected chi connectivity index (χ2v) is 10.7. The van der Waals surface area contributed by atoms with E-state index in [4.69, 9.17) is 9.47 Å². The molecule has 0 spiro atoms. The Morgan fingerprint density at radius 2 is 1.04 bits per heavy atom. The van der Waals surface area contributed by atoms with Crippen LogP contribution in [0.5, 0.6) is 0 Å². The van der Waals surface area contributed by atoms with Crippen LogP contribution in [0.4, 0.5) is 17.6 Å². The largest absolute Gasteiger partial charge is 4.00 e. The molecule has 4 aromatic rings. The van der Waals surface area contributed by atoms with Gasteiger partial charge >= 0.3 is 33.7 Å². The van der Waals surface area contributed by atoms with Crippen LogP contribution in [-0.4, -0.2) is 34.3 Å². The number of aromatic nitrogens is 2. The smallest absolute Gasteiger partial charge is 0.462 e. The average molecular weight is 735 g/mol. The normalized spacial score (nSPS) is 11.8. The molecule has 0 atom stereocenters. The van der Waals surface area contributed by atoms with Crippen molar-refractivity contribution in [2.75, 3.05) is 13.2 Å². The van der Waals surface area contributed by atoms with Gasteiger partial charge in [-0.1, -0.05) is 0 Å². The zero-order valence-corrected chi connectivity index (χ0v) is 30.9. The Labute approximate surface area is 311 Å². The molecule has 0 aliphatic heterocycles. The first kappa shape index (κ1) is 42.5. The number of nitrogens with zero attached hydrogens (tertiary/aromatic N) is 2. The summed E-state index contributed by atoms with van der Waals surface area (Å²) in [4.78, 5) is 23.6. The van der Waals surface area contributed by atoms with Gasteiger partial charge < -0.3 is 18.6 Å². The maximum atomic E-state index is 13.8. The minimum atomic E-state index is -0.804. The van der Waals surface area contributed by atoms with E-state index in [2.05, 4.69) is 24.3 Å².